The first kappa shape index (κ1) is 26.9. The van der Waals surface area contributed by atoms with Gasteiger partial charge >= 0.3 is 5.97 Å². The van der Waals surface area contributed by atoms with Gasteiger partial charge in [0, 0.05) is 62.8 Å². The number of nitrogens with two attached hydrogens (primary N) is 1. The van der Waals surface area contributed by atoms with Gasteiger partial charge in [0.05, 0.1) is 5.52 Å². The van der Waals surface area contributed by atoms with Crippen LogP contribution in [0.1, 0.15) is 53.6 Å². The number of rotatable bonds is 10. The van der Waals surface area contributed by atoms with E-state index < -0.39 is 17.9 Å². The topological polar surface area (TPSA) is 142 Å². The van der Waals surface area contributed by atoms with Crippen LogP contribution in [-0.4, -0.2) is 81.0 Å². The molecule has 11 heteroatoms. The summed E-state index contributed by atoms with van der Waals surface area (Å²) in [6.45, 7) is 4.74. The van der Waals surface area contributed by atoms with Gasteiger partial charge in [-0.3, -0.25) is 19.3 Å². The van der Waals surface area contributed by atoms with Gasteiger partial charge in [-0.2, -0.15) is 0 Å². The third kappa shape index (κ3) is 5.81. The summed E-state index contributed by atoms with van der Waals surface area (Å²) in [5.41, 5.74) is 8.90. The number of amides is 2. The zero-order chi connectivity index (χ0) is 28.5. The van der Waals surface area contributed by atoms with Gasteiger partial charge in [-0.1, -0.05) is 6.07 Å². The number of carbonyl (C=O) groups excluding carboxylic acids is 2. The monoisotopic (exact) mass is 558 g/mol. The van der Waals surface area contributed by atoms with Gasteiger partial charge in [-0.05, 0) is 67.1 Å². The molecule has 2 saturated heterocycles. The highest BCUT2D eigenvalue weighted by Crippen LogP contribution is 2.31. The van der Waals surface area contributed by atoms with Crippen molar-refractivity contribution in [3.63, 3.8) is 0 Å². The zero-order valence-corrected chi connectivity index (χ0v) is 22.9. The molecule has 1 unspecified atom stereocenters. The Bertz CT molecular complexity index is 1490. The van der Waals surface area contributed by atoms with Gasteiger partial charge in [-0.25, -0.2) is 9.97 Å². The molecule has 2 amide bonds. The number of hydrogen-bond acceptors (Lipinski definition) is 8. The smallest absolute Gasteiger partial charge is 0.303 e. The fourth-order valence-corrected chi connectivity index (χ4v) is 6.09. The van der Waals surface area contributed by atoms with E-state index in [1.165, 1.54) is 23.3 Å². The fraction of sp³-hybridized carbons (Fsp3) is 0.433. The van der Waals surface area contributed by atoms with Gasteiger partial charge < -0.3 is 25.4 Å². The molecular formula is C30H34N6O5. The Morgan fingerprint density at radius 1 is 1.12 bits per heavy atom. The summed E-state index contributed by atoms with van der Waals surface area (Å²) in [6, 6.07) is 10.7. The summed E-state index contributed by atoms with van der Waals surface area (Å²) < 4.78 is 6.29. The van der Waals surface area contributed by atoms with Gasteiger partial charge in [0.1, 0.15) is 17.9 Å². The van der Waals surface area contributed by atoms with E-state index in [2.05, 4.69) is 33.0 Å². The number of fused-ring (bicyclic) bond motifs is 2. The second-order valence-electron chi connectivity index (χ2n) is 11.1. The molecule has 11 nitrogen and oxygen atoms in total. The molecule has 214 valence electrons. The molecule has 2 atom stereocenters. The van der Waals surface area contributed by atoms with E-state index in [1.54, 1.807) is 12.1 Å². The molecular weight excluding hydrogens is 524 g/mol. The number of carboxylic acid groups (broad SMARTS) is 1. The lowest BCUT2D eigenvalue weighted by molar-refractivity contribution is -0.137. The van der Waals surface area contributed by atoms with Gasteiger partial charge in [0.2, 0.25) is 11.9 Å². The molecule has 0 saturated carbocycles. The number of hydrogen-bond donors (Lipinski definition) is 2. The Kier molecular flexibility index (Phi) is 7.44. The van der Waals surface area contributed by atoms with Crippen LogP contribution in [0.15, 0.2) is 42.6 Å². The highest BCUT2D eigenvalue weighted by atomic mass is 16.5. The van der Waals surface area contributed by atoms with Crippen LogP contribution in [0.5, 0.6) is 5.75 Å². The molecule has 3 aliphatic heterocycles. The molecule has 6 rings (SSSR count). The maximum absolute atomic E-state index is 12.9. The maximum atomic E-state index is 12.9. The molecule has 0 radical (unpaired) electrons. The predicted molar refractivity (Wildman–Crippen MR) is 151 cm³/mol. The number of nitrogens with zero attached hydrogens (tertiary/aromatic N) is 5. The lowest BCUT2D eigenvalue weighted by atomic mass is 10.1. The molecule has 0 bridgehead atoms. The van der Waals surface area contributed by atoms with Crippen molar-refractivity contribution in [2.75, 3.05) is 31.1 Å². The summed E-state index contributed by atoms with van der Waals surface area (Å²) in [6.07, 6.45) is 4.95. The number of likely N-dealkylation sites (tertiary alicyclic amines) is 1. The molecule has 3 N–H and O–H groups in total. The van der Waals surface area contributed by atoms with Crippen LogP contribution in [0.25, 0.3) is 10.9 Å². The molecule has 0 aliphatic carbocycles. The van der Waals surface area contributed by atoms with Crippen LogP contribution in [-0.2, 0) is 22.7 Å². The van der Waals surface area contributed by atoms with Crippen LogP contribution in [0, 0.1) is 0 Å². The van der Waals surface area contributed by atoms with E-state index in [-0.39, 0.29) is 31.4 Å². The quantitative estimate of drug-likeness (QED) is 0.384. The molecule has 2 aromatic carbocycles. The molecule has 0 spiro atoms. The highest BCUT2D eigenvalue weighted by molar-refractivity contribution is 6.01. The number of carboxylic acids is 1. The second-order valence-corrected chi connectivity index (χ2v) is 11.1. The standard InChI is InChI=1S/C30H34N6O5/c31-28(39)26(7-8-27(37)38)36-17-21-14-22(4-5-24(21)29(36)40)41-23-9-12-34(18-23)16-19-3-6-25-20(13-19)15-32-30(33-25)35-10-1-2-11-35/h3-6,13-15,23,26H,1-2,7-12,16-18H2,(H2,31,39)(H,37,38)/t23-,26?/m0/s1. The molecule has 3 aliphatic rings. The van der Waals surface area contributed by atoms with Crippen molar-refractivity contribution in [1.82, 2.24) is 19.8 Å². The van der Waals surface area contributed by atoms with E-state index in [9.17, 15) is 14.4 Å². The molecule has 41 heavy (non-hydrogen) atoms. The van der Waals surface area contributed by atoms with Crippen molar-refractivity contribution < 1.29 is 24.2 Å². The summed E-state index contributed by atoms with van der Waals surface area (Å²) in [5.74, 6) is -0.579. The van der Waals surface area contributed by atoms with Crippen molar-refractivity contribution in [2.24, 2.45) is 5.73 Å². The summed E-state index contributed by atoms with van der Waals surface area (Å²) in [4.78, 5) is 51.2. The normalized spacial score (nSPS) is 19.6. The van der Waals surface area contributed by atoms with Gasteiger partial charge in [0.15, 0.2) is 0 Å². The van der Waals surface area contributed by atoms with Crippen molar-refractivity contribution in [1.29, 1.82) is 0 Å². The minimum Gasteiger partial charge on any atom is -0.489 e. The van der Waals surface area contributed by atoms with Crippen LogP contribution in [0.4, 0.5) is 5.95 Å². The Labute approximate surface area is 237 Å². The Balaban J connectivity index is 1.06. The van der Waals surface area contributed by atoms with Crippen LogP contribution in [0.2, 0.25) is 0 Å². The highest BCUT2D eigenvalue weighted by Gasteiger charge is 2.36. The van der Waals surface area contributed by atoms with Crippen LogP contribution < -0.4 is 15.4 Å². The third-order valence-electron chi connectivity index (χ3n) is 8.20. The average molecular weight is 559 g/mol. The van der Waals surface area contributed by atoms with Crippen LogP contribution >= 0.6 is 0 Å². The number of aromatic nitrogens is 2. The second kappa shape index (κ2) is 11.3. The Hall–Kier alpha value is -4.25. The Morgan fingerprint density at radius 3 is 2.73 bits per heavy atom. The molecule has 3 aromatic rings. The van der Waals surface area contributed by atoms with E-state index in [0.29, 0.717) is 11.3 Å². The molecule has 4 heterocycles. The zero-order valence-electron chi connectivity index (χ0n) is 22.9. The predicted octanol–water partition coefficient (Wildman–Crippen LogP) is 2.56. The number of benzene rings is 2. The first-order valence-corrected chi connectivity index (χ1v) is 14.2. The van der Waals surface area contributed by atoms with Crippen molar-refractivity contribution >= 4 is 34.6 Å². The number of ether oxygens (including phenoxy) is 1. The summed E-state index contributed by atoms with van der Waals surface area (Å²) in [5, 5.41) is 10.0. The van der Waals surface area contributed by atoms with Gasteiger partial charge in [-0.15, -0.1) is 0 Å². The number of anilines is 1. The van der Waals surface area contributed by atoms with E-state index in [4.69, 9.17) is 20.6 Å². The largest absolute Gasteiger partial charge is 0.489 e. The Morgan fingerprint density at radius 2 is 1.95 bits per heavy atom. The fourth-order valence-electron chi connectivity index (χ4n) is 6.09. The average Bonchev–Trinajstić information content (AvgIpc) is 3.70. The minimum atomic E-state index is -1.04. The van der Waals surface area contributed by atoms with E-state index in [1.807, 2.05) is 12.3 Å². The molecule has 2 fully saturated rings. The van der Waals surface area contributed by atoms with Gasteiger partial charge in [0.25, 0.3) is 5.91 Å². The first-order valence-electron chi connectivity index (χ1n) is 14.2. The molecule has 1 aromatic heterocycles. The van der Waals surface area contributed by atoms with Crippen molar-refractivity contribution in [2.45, 2.75) is 57.3 Å². The lowest BCUT2D eigenvalue weighted by Crippen LogP contribution is -2.45. The SMILES string of the molecule is NC(=O)C(CCC(=O)O)N1Cc2cc(O[C@H]3CCN(Cc4ccc5nc(N6CCCC6)ncc5c4)C3)ccc2C1=O. The van der Waals surface area contributed by atoms with Crippen molar-refractivity contribution in [3.05, 3.63) is 59.3 Å². The first-order chi connectivity index (χ1) is 19.8. The number of aliphatic carboxylic acids is 1. The third-order valence-corrected chi connectivity index (χ3v) is 8.20. The number of primary amides is 1. The summed E-state index contributed by atoms with van der Waals surface area (Å²) in [7, 11) is 0. The summed E-state index contributed by atoms with van der Waals surface area (Å²) >= 11 is 0. The lowest BCUT2D eigenvalue weighted by Gasteiger charge is -2.24. The number of carbonyl (C=O) groups is 3. The van der Waals surface area contributed by atoms with E-state index in [0.717, 1.165) is 61.6 Å². The van der Waals surface area contributed by atoms with Crippen LogP contribution in [0.3, 0.4) is 0 Å². The maximum Gasteiger partial charge on any atom is 0.303 e. The van der Waals surface area contributed by atoms with E-state index >= 15 is 0 Å². The van der Waals surface area contributed by atoms with Crippen molar-refractivity contribution in [3.8, 4) is 5.75 Å². The minimum absolute atomic E-state index is 0.0157.